The number of hydrogen-bond donors (Lipinski definition) is 0. The van der Waals surface area contributed by atoms with Gasteiger partial charge in [0.1, 0.15) is 0 Å². The standard InChI is InChI=1S/C18H20N2O4S/c1-14(21)15-9-11-17(12-10-15)25(23,24)19(2)13-18(22)20(3)16-7-5-4-6-8-16/h4-12H,13H2,1-3H3. The van der Waals surface area contributed by atoms with Crippen LogP contribution in [-0.2, 0) is 14.8 Å². The predicted octanol–water partition coefficient (Wildman–Crippen LogP) is 2.17. The van der Waals surface area contributed by atoms with Gasteiger partial charge < -0.3 is 4.90 Å². The van der Waals surface area contributed by atoms with Crippen LogP contribution in [0.3, 0.4) is 0 Å². The lowest BCUT2D eigenvalue weighted by atomic mass is 10.2. The zero-order valence-corrected chi connectivity index (χ0v) is 15.2. The summed E-state index contributed by atoms with van der Waals surface area (Å²) in [7, 11) is -0.869. The fraction of sp³-hybridized carbons (Fsp3) is 0.222. The van der Waals surface area contributed by atoms with Gasteiger partial charge >= 0.3 is 0 Å². The van der Waals surface area contributed by atoms with Crippen LogP contribution in [0.2, 0.25) is 0 Å². The maximum absolute atomic E-state index is 12.6. The second-order valence-electron chi connectivity index (χ2n) is 5.63. The Morgan fingerprint density at radius 2 is 1.48 bits per heavy atom. The van der Waals surface area contributed by atoms with E-state index in [1.165, 1.54) is 43.1 Å². The van der Waals surface area contributed by atoms with Crippen LogP contribution < -0.4 is 4.90 Å². The molecule has 0 unspecified atom stereocenters. The molecule has 0 atom stereocenters. The van der Waals surface area contributed by atoms with E-state index in [4.69, 9.17) is 0 Å². The summed E-state index contributed by atoms with van der Waals surface area (Å²) in [5.41, 5.74) is 1.12. The molecule has 0 fully saturated rings. The van der Waals surface area contributed by atoms with Crippen molar-refractivity contribution in [2.45, 2.75) is 11.8 Å². The molecule has 2 aromatic rings. The third kappa shape index (κ3) is 4.32. The predicted molar refractivity (Wildman–Crippen MR) is 96.1 cm³/mol. The summed E-state index contributed by atoms with van der Waals surface area (Å²) in [5.74, 6) is -0.491. The number of carbonyl (C=O) groups excluding carboxylic acids is 2. The van der Waals surface area contributed by atoms with E-state index in [0.29, 0.717) is 11.3 Å². The van der Waals surface area contributed by atoms with Gasteiger partial charge in [-0.3, -0.25) is 9.59 Å². The van der Waals surface area contributed by atoms with Crippen molar-refractivity contribution in [2.75, 3.05) is 25.5 Å². The molecule has 0 heterocycles. The van der Waals surface area contributed by atoms with Crippen LogP contribution in [0, 0.1) is 0 Å². The second-order valence-corrected chi connectivity index (χ2v) is 7.67. The molecule has 0 bridgehead atoms. The number of carbonyl (C=O) groups is 2. The summed E-state index contributed by atoms with van der Waals surface area (Å²) in [6.07, 6.45) is 0. The van der Waals surface area contributed by atoms with E-state index >= 15 is 0 Å². The first-order valence-electron chi connectivity index (χ1n) is 7.62. The Morgan fingerprint density at radius 3 is 2.00 bits per heavy atom. The third-order valence-corrected chi connectivity index (χ3v) is 5.66. The van der Waals surface area contributed by atoms with Crippen molar-refractivity contribution < 1.29 is 18.0 Å². The van der Waals surface area contributed by atoms with Gasteiger partial charge in [-0.05, 0) is 31.2 Å². The van der Waals surface area contributed by atoms with Crippen LogP contribution in [0.15, 0.2) is 59.5 Å². The van der Waals surface area contributed by atoms with Gasteiger partial charge in [0.05, 0.1) is 11.4 Å². The van der Waals surface area contributed by atoms with E-state index < -0.39 is 10.0 Å². The van der Waals surface area contributed by atoms with Gasteiger partial charge in [-0.2, -0.15) is 4.31 Å². The average Bonchev–Trinajstić information content (AvgIpc) is 2.61. The minimum Gasteiger partial charge on any atom is -0.314 e. The van der Waals surface area contributed by atoms with Crippen molar-refractivity contribution in [2.24, 2.45) is 0 Å². The summed E-state index contributed by atoms with van der Waals surface area (Å²) in [5, 5.41) is 0. The summed E-state index contributed by atoms with van der Waals surface area (Å²) in [4.78, 5) is 25.1. The number of anilines is 1. The van der Waals surface area contributed by atoms with Crippen LogP contribution in [0.5, 0.6) is 0 Å². The number of nitrogens with zero attached hydrogens (tertiary/aromatic N) is 2. The van der Waals surface area contributed by atoms with Gasteiger partial charge in [-0.1, -0.05) is 30.3 Å². The highest BCUT2D eigenvalue weighted by Gasteiger charge is 2.24. The zero-order valence-electron chi connectivity index (χ0n) is 14.3. The van der Waals surface area contributed by atoms with Crippen LogP contribution in [-0.4, -0.2) is 45.1 Å². The highest BCUT2D eigenvalue weighted by Crippen LogP contribution is 2.17. The summed E-state index contributed by atoms with van der Waals surface area (Å²) < 4.78 is 26.2. The maximum atomic E-state index is 12.6. The Balaban J connectivity index is 2.14. The number of benzene rings is 2. The quantitative estimate of drug-likeness (QED) is 0.740. The topological polar surface area (TPSA) is 74.8 Å². The molecule has 2 aromatic carbocycles. The summed E-state index contributed by atoms with van der Waals surface area (Å²) in [6.45, 7) is 1.12. The molecule has 0 aliphatic heterocycles. The van der Waals surface area contributed by atoms with Gasteiger partial charge in [-0.25, -0.2) is 8.42 Å². The maximum Gasteiger partial charge on any atom is 0.243 e. The SMILES string of the molecule is CC(=O)c1ccc(S(=O)(=O)N(C)CC(=O)N(C)c2ccccc2)cc1. The molecule has 6 nitrogen and oxygen atoms in total. The van der Waals surface area contributed by atoms with E-state index in [9.17, 15) is 18.0 Å². The number of sulfonamides is 1. The molecule has 0 N–H and O–H groups in total. The van der Waals surface area contributed by atoms with Gasteiger partial charge in [0.2, 0.25) is 15.9 Å². The Hall–Kier alpha value is -2.51. The molecule has 0 spiro atoms. The Labute approximate surface area is 147 Å². The second kappa shape index (κ2) is 7.58. The molecule has 0 radical (unpaired) electrons. The first kappa shape index (κ1) is 18.8. The van der Waals surface area contributed by atoms with Crippen molar-refractivity contribution in [1.29, 1.82) is 0 Å². The molecule has 0 aromatic heterocycles. The molecule has 0 saturated heterocycles. The zero-order chi connectivity index (χ0) is 18.6. The normalized spacial score (nSPS) is 11.4. The molecule has 25 heavy (non-hydrogen) atoms. The number of Topliss-reactive ketones (excluding diaryl/α,β-unsaturated/α-hetero) is 1. The van der Waals surface area contributed by atoms with E-state index in [1.807, 2.05) is 6.07 Å². The lowest BCUT2D eigenvalue weighted by Crippen LogP contribution is -2.39. The largest absolute Gasteiger partial charge is 0.314 e. The molecule has 0 aliphatic rings. The Morgan fingerprint density at radius 1 is 0.920 bits per heavy atom. The van der Waals surface area contributed by atoms with E-state index in [-0.39, 0.29) is 23.1 Å². The van der Waals surface area contributed by atoms with Crippen molar-refractivity contribution in [3.8, 4) is 0 Å². The number of hydrogen-bond acceptors (Lipinski definition) is 4. The Bertz CT molecular complexity index is 862. The third-order valence-electron chi connectivity index (χ3n) is 3.84. The van der Waals surface area contributed by atoms with E-state index in [2.05, 4.69) is 0 Å². The van der Waals surface area contributed by atoms with E-state index in [1.54, 1.807) is 31.3 Å². The fourth-order valence-corrected chi connectivity index (χ4v) is 3.34. The smallest absolute Gasteiger partial charge is 0.243 e. The Kier molecular flexibility index (Phi) is 5.71. The molecule has 7 heteroatoms. The molecule has 1 amide bonds. The average molecular weight is 360 g/mol. The molecule has 0 saturated carbocycles. The monoisotopic (exact) mass is 360 g/mol. The van der Waals surface area contributed by atoms with Gasteiger partial charge in [0.25, 0.3) is 0 Å². The van der Waals surface area contributed by atoms with Crippen LogP contribution in [0.1, 0.15) is 17.3 Å². The number of amides is 1. The first-order chi connectivity index (χ1) is 11.7. The molecular weight excluding hydrogens is 340 g/mol. The van der Waals surface area contributed by atoms with Crippen molar-refractivity contribution >= 4 is 27.4 Å². The lowest BCUT2D eigenvalue weighted by Gasteiger charge is -2.22. The number of likely N-dealkylation sites (N-methyl/N-ethyl adjacent to an activating group) is 2. The number of rotatable bonds is 6. The first-order valence-corrected chi connectivity index (χ1v) is 9.06. The highest BCUT2D eigenvalue weighted by molar-refractivity contribution is 7.89. The molecular formula is C18H20N2O4S. The minimum atomic E-state index is -3.82. The minimum absolute atomic E-state index is 0.0372. The van der Waals surface area contributed by atoms with Crippen LogP contribution in [0.25, 0.3) is 0 Å². The van der Waals surface area contributed by atoms with Gasteiger partial charge in [0.15, 0.2) is 5.78 Å². The van der Waals surface area contributed by atoms with Crippen LogP contribution >= 0.6 is 0 Å². The molecule has 0 aliphatic carbocycles. The van der Waals surface area contributed by atoms with Crippen molar-refractivity contribution in [1.82, 2.24) is 4.31 Å². The van der Waals surface area contributed by atoms with Crippen molar-refractivity contribution in [3.05, 3.63) is 60.2 Å². The fourth-order valence-electron chi connectivity index (χ4n) is 2.22. The number of ketones is 1. The van der Waals surface area contributed by atoms with Crippen molar-refractivity contribution in [3.63, 3.8) is 0 Å². The molecule has 2 rings (SSSR count). The highest BCUT2D eigenvalue weighted by atomic mass is 32.2. The van der Waals surface area contributed by atoms with Gasteiger partial charge in [0, 0.05) is 25.3 Å². The summed E-state index contributed by atoms with van der Waals surface area (Å²) in [6, 6.07) is 14.6. The van der Waals surface area contributed by atoms with Gasteiger partial charge in [-0.15, -0.1) is 0 Å². The summed E-state index contributed by atoms with van der Waals surface area (Å²) >= 11 is 0. The van der Waals surface area contributed by atoms with E-state index in [0.717, 1.165) is 4.31 Å². The number of para-hydroxylation sites is 1. The molecule has 132 valence electrons. The van der Waals surface area contributed by atoms with Crippen LogP contribution in [0.4, 0.5) is 5.69 Å². The lowest BCUT2D eigenvalue weighted by molar-refractivity contribution is -0.118.